The molecule has 1 saturated carbocycles. The highest BCUT2D eigenvalue weighted by Crippen LogP contribution is 2.32. The van der Waals surface area contributed by atoms with Crippen molar-refractivity contribution in [2.75, 3.05) is 38.2 Å². The first-order chi connectivity index (χ1) is 20.4. The van der Waals surface area contributed by atoms with Gasteiger partial charge in [0.15, 0.2) is 0 Å². The van der Waals surface area contributed by atoms with Gasteiger partial charge in [0, 0.05) is 38.2 Å². The molecule has 2 aromatic rings. The van der Waals surface area contributed by atoms with Crippen LogP contribution in [0.5, 0.6) is 5.75 Å². The van der Waals surface area contributed by atoms with Crippen molar-refractivity contribution >= 4 is 11.8 Å². The molecule has 0 spiro atoms. The van der Waals surface area contributed by atoms with Crippen molar-refractivity contribution in [1.82, 2.24) is 5.32 Å². The zero-order valence-electron chi connectivity index (χ0n) is 25.2. The van der Waals surface area contributed by atoms with E-state index in [-0.39, 0.29) is 12.2 Å². The maximum Gasteiger partial charge on any atom is 0.411 e. The lowest BCUT2D eigenvalue weighted by molar-refractivity contribution is -0.180. The van der Waals surface area contributed by atoms with E-state index in [2.05, 4.69) is 10.6 Å². The zero-order chi connectivity index (χ0) is 29.6. The van der Waals surface area contributed by atoms with Crippen LogP contribution in [-0.2, 0) is 32.2 Å². The van der Waals surface area contributed by atoms with Gasteiger partial charge >= 0.3 is 6.09 Å². The van der Waals surface area contributed by atoms with E-state index >= 15 is 0 Å². The summed E-state index contributed by atoms with van der Waals surface area (Å²) in [4.78, 5) is 12.1. The van der Waals surface area contributed by atoms with Crippen molar-refractivity contribution in [2.24, 2.45) is 0 Å². The highest BCUT2D eigenvalue weighted by Gasteiger charge is 2.27. The van der Waals surface area contributed by atoms with Gasteiger partial charge in [0.2, 0.25) is 5.79 Å². The standard InChI is InChI=1S/C33H48N2O7/c1-33(2)40-24-27-21-26(14-15-31(27)42-33)30(36)22-34-16-7-3-4-8-17-38-18-19-39-23-25-10-9-11-28(20-25)35-32(37)41-29-12-5-6-13-29/h9-11,14-15,20-21,29-30,34,36H,3-8,12-13,16-19,22-24H2,1-2H3,(H,35,37)/t30-/m1/s1. The minimum absolute atomic E-state index is 0.0472. The third kappa shape index (κ3) is 11.2. The van der Waals surface area contributed by atoms with E-state index in [1.54, 1.807) is 0 Å². The largest absolute Gasteiger partial charge is 0.463 e. The molecule has 9 heteroatoms. The lowest BCUT2D eigenvalue weighted by Crippen LogP contribution is -2.35. The maximum atomic E-state index is 12.1. The Morgan fingerprint density at radius 1 is 1.02 bits per heavy atom. The molecule has 2 aliphatic rings. The van der Waals surface area contributed by atoms with Gasteiger partial charge in [-0.05, 0) is 80.5 Å². The smallest absolute Gasteiger partial charge is 0.411 e. The molecule has 1 aliphatic carbocycles. The highest BCUT2D eigenvalue weighted by atomic mass is 16.7. The molecule has 0 bridgehead atoms. The lowest BCUT2D eigenvalue weighted by Gasteiger charge is -2.33. The first-order valence-electron chi connectivity index (χ1n) is 15.4. The molecule has 1 fully saturated rings. The van der Waals surface area contributed by atoms with E-state index in [4.69, 9.17) is 23.7 Å². The molecular weight excluding hydrogens is 536 g/mol. The maximum absolute atomic E-state index is 12.1. The number of benzene rings is 2. The molecule has 1 aliphatic heterocycles. The molecule has 1 heterocycles. The van der Waals surface area contributed by atoms with Crippen molar-refractivity contribution < 1.29 is 33.6 Å². The summed E-state index contributed by atoms with van der Waals surface area (Å²) in [5, 5.41) is 16.7. The van der Waals surface area contributed by atoms with Crippen molar-refractivity contribution in [1.29, 1.82) is 0 Å². The van der Waals surface area contributed by atoms with Gasteiger partial charge in [-0.3, -0.25) is 5.32 Å². The van der Waals surface area contributed by atoms with Crippen LogP contribution in [0.3, 0.4) is 0 Å². The number of hydrogen-bond acceptors (Lipinski definition) is 8. The number of unbranched alkanes of at least 4 members (excludes halogenated alkanes) is 3. The van der Waals surface area contributed by atoms with Crippen LogP contribution in [0.4, 0.5) is 10.5 Å². The number of hydrogen-bond donors (Lipinski definition) is 3. The Bertz CT molecular complexity index is 1100. The molecule has 1 amide bonds. The zero-order valence-corrected chi connectivity index (χ0v) is 25.2. The third-order valence-electron chi connectivity index (χ3n) is 7.52. The van der Waals surface area contributed by atoms with Crippen molar-refractivity contribution in [2.45, 2.75) is 96.4 Å². The Balaban J connectivity index is 0.959. The molecule has 9 nitrogen and oxygen atoms in total. The molecule has 0 aromatic heterocycles. The Kier molecular flexibility index (Phi) is 12.9. The van der Waals surface area contributed by atoms with Gasteiger partial charge in [-0.1, -0.05) is 31.0 Å². The number of anilines is 1. The number of fused-ring (bicyclic) bond motifs is 1. The molecule has 1 atom stereocenters. The van der Waals surface area contributed by atoms with E-state index in [0.29, 0.717) is 38.7 Å². The van der Waals surface area contributed by atoms with Gasteiger partial charge in [-0.25, -0.2) is 4.79 Å². The molecular formula is C33H48N2O7. The summed E-state index contributed by atoms with van der Waals surface area (Å²) in [7, 11) is 0. The number of aliphatic hydroxyl groups is 1. The monoisotopic (exact) mass is 584 g/mol. The summed E-state index contributed by atoms with van der Waals surface area (Å²) in [6.07, 6.45) is 7.56. The van der Waals surface area contributed by atoms with Gasteiger partial charge in [-0.15, -0.1) is 0 Å². The van der Waals surface area contributed by atoms with Crippen LogP contribution in [-0.4, -0.2) is 56.0 Å². The molecule has 3 N–H and O–H groups in total. The number of rotatable bonds is 17. The summed E-state index contributed by atoms with van der Waals surface area (Å²) >= 11 is 0. The molecule has 0 radical (unpaired) electrons. The molecule has 0 unspecified atom stereocenters. The van der Waals surface area contributed by atoms with Gasteiger partial charge in [-0.2, -0.15) is 0 Å². The Morgan fingerprint density at radius 2 is 1.83 bits per heavy atom. The lowest BCUT2D eigenvalue weighted by atomic mass is 10.0. The van der Waals surface area contributed by atoms with E-state index < -0.39 is 11.9 Å². The normalized spacial score (nSPS) is 16.9. The number of carbonyl (C=O) groups is 1. The van der Waals surface area contributed by atoms with E-state index in [1.165, 1.54) is 0 Å². The summed E-state index contributed by atoms with van der Waals surface area (Å²) in [5.74, 6) is 0.205. The fraction of sp³-hybridized carbons (Fsp3) is 0.606. The van der Waals surface area contributed by atoms with Crippen molar-refractivity contribution in [3.8, 4) is 5.75 Å². The second-order valence-electron chi connectivity index (χ2n) is 11.6. The van der Waals surface area contributed by atoms with E-state index in [9.17, 15) is 9.90 Å². The number of amides is 1. The van der Waals surface area contributed by atoms with Crippen LogP contribution in [0, 0.1) is 0 Å². The van der Waals surface area contributed by atoms with Crippen LogP contribution in [0.25, 0.3) is 0 Å². The summed E-state index contributed by atoms with van der Waals surface area (Å²) in [6, 6.07) is 13.4. The van der Waals surface area contributed by atoms with Crippen LogP contribution >= 0.6 is 0 Å². The second-order valence-corrected chi connectivity index (χ2v) is 11.6. The molecule has 2 aromatic carbocycles. The van der Waals surface area contributed by atoms with E-state index in [1.807, 2.05) is 56.3 Å². The molecule has 0 saturated heterocycles. The minimum atomic E-state index is -0.615. The van der Waals surface area contributed by atoms with Crippen LogP contribution < -0.4 is 15.4 Å². The number of aliphatic hydroxyl groups excluding tert-OH is 1. The minimum Gasteiger partial charge on any atom is -0.463 e. The summed E-state index contributed by atoms with van der Waals surface area (Å²) in [6.45, 7) is 7.94. The highest BCUT2D eigenvalue weighted by molar-refractivity contribution is 5.84. The summed E-state index contributed by atoms with van der Waals surface area (Å²) < 4.78 is 28.4. The average molecular weight is 585 g/mol. The number of carbonyl (C=O) groups excluding carboxylic acids is 1. The quantitative estimate of drug-likeness (QED) is 0.188. The number of ether oxygens (including phenoxy) is 5. The Hall–Kier alpha value is -2.69. The van der Waals surface area contributed by atoms with Crippen LogP contribution in [0.1, 0.15) is 88.0 Å². The first-order valence-corrected chi connectivity index (χ1v) is 15.4. The predicted molar refractivity (Wildman–Crippen MR) is 162 cm³/mol. The number of nitrogens with one attached hydrogen (secondary N) is 2. The second kappa shape index (κ2) is 16.8. The molecule has 42 heavy (non-hydrogen) atoms. The van der Waals surface area contributed by atoms with Gasteiger partial charge in [0.1, 0.15) is 11.9 Å². The fourth-order valence-electron chi connectivity index (χ4n) is 5.18. The van der Waals surface area contributed by atoms with Crippen molar-refractivity contribution in [3.63, 3.8) is 0 Å². The first kappa shape index (κ1) is 32.2. The molecule has 232 valence electrons. The van der Waals surface area contributed by atoms with E-state index in [0.717, 1.165) is 87.0 Å². The Morgan fingerprint density at radius 3 is 2.69 bits per heavy atom. The molecule has 4 rings (SSSR count). The Labute approximate surface area is 250 Å². The SMILES string of the molecule is CC1(C)OCc2cc([C@H](O)CNCCCCCCOCCOCc3cccc(NC(=O)OC4CCCC4)c3)ccc2O1. The predicted octanol–water partition coefficient (Wildman–Crippen LogP) is 6.24. The van der Waals surface area contributed by atoms with Crippen molar-refractivity contribution in [3.05, 3.63) is 59.2 Å². The van der Waals surface area contributed by atoms with Crippen LogP contribution in [0.2, 0.25) is 0 Å². The van der Waals surface area contributed by atoms with Gasteiger partial charge < -0.3 is 34.1 Å². The van der Waals surface area contributed by atoms with Crippen LogP contribution in [0.15, 0.2) is 42.5 Å². The van der Waals surface area contributed by atoms with Gasteiger partial charge in [0.05, 0.1) is 32.5 Å². The third-order valence-corrected chi connectivity index (χ3v) is 7.52. The average Bonchev–Trinajstić information content (AvgIpc) is 3.47. The van der Waals surface area contributed by atoms with Gasteiger partial charge in [0.25, 0.3) is 0 Å². The fourth-order valence-corrected chi connectivity index (χ4v) is 5.18. The topological polar surface area (TPSA) is 108 Å². The summed E-state index contributed by atoms with van der Waals surface area (Å²) in [5.41, 5.74) is 3.55.